The number of hydrogen-bond acceptors (Lipinski definition) is 4. The monoisotopic (exact) mass is 446 g/mol. The molecule has 2 atom stereocenters. The highest BCUT2D eigenvalue weighted by atomic mass is 35.5. The molecule has 2 aromatic carbocycles. The Labute approximate surface area is 189 Å². The molecule has 0 amide bonds. The van der Waals surface area contributed by atoms with Gasteiger partial charge in [-0.05, 0) is 93.1 Å². The van der Waals surface area contributed by atoms with Crippen LogP contribution in [0, 0.1) is 6.92 Å². The van der Waals surface area contributed by atoms with Gasteiger partial charge in [0.05, 0.1) is 6.42 Å². The third-order valence-corrected chi connectivity index (χ3v) is 7.29. The molecule has 30 heavy (non-hydrogen) atoms. The number of rotatable bonds is 8. The molecular weight excluding hydrogens is 416 g/mol. The van der Waals surface area contributed by atoms with E-state index in [-0.39, 0.29) is 6.42 Å². The van der Waals surface area contributed by atoms with Crippen LogP contribution < -0.4 is 0 Å². The van der Waals surface area contributed by atoms with Gasteiger partial charge in [-0.25, -0.2) is 4.31 Å². The third kappa shape index (κ3) is 6.48. The zero-order valence-electron chi connectivity index (χ0n) is 18.0. The van der Waals surface area contributed by atoms with Gasteiger partial charge in [-0.15, -0.1) is 0 Å². The number of carboxylic acid groups (broad SMARTS) is 1. The molecule has 1 N–H and O–H groups in total. The highest BCUT2D eigenvalue weighted by Gasteiger charge is 2.30. The topological polar surface area (TPSA) is 43.8 Å². The average molecular weight is 447 g/mol. The van der Waals surface area contributed by atoms with Crippen LogP contribution in [0.5, 0.6) is 0 Å². The molecule has 0 spiro atoms. The molecule has 4 nitrogen and oxygen atoms in total. The van der Waals surface area contributed by atoms with Gasteiger partial charge >= 0.3 is 5.97 Å². The van der Waals surface area contributed by atoms with E-state index in [4.69, 9.17) is 16.7 Å². The van der Waals surface area contributed by atoms with Crippen LogP contribution in [0.2, 0.25) is 5.02 Å². The first-order valence-electron chi connectivity index (χ1n) is 10.6. The minimum atomic E-state index is -0.783. The van der Waals surface area contributed by atoms with Crippen LogP contribution in [0.3, 0.4) is 0 Å². The lowest BCUT2D eigenvalue weighted by molar-refractivity contribution is -0.136. The highest BCUT2D eigenvalue weighted by Crippen LogP contribution is 2.32. The maximum Gasteiger partial charge on any atom is 0.307 e. The van der Waals surface area contributed by atoms with Gasteiger partial charge in [-0.1, -0.05) is 29.8 Å². The average Bonchev–Trinajstić information content (AvgIpc) is 2.68. The van der Waals surface area contributed by atoms with Gasteiger partial charge < -0.3 is 10.0 Å². The summed E-state index contributed by atoms with van der Waals surface area (Å²) >= 11 is 7.72. The van der Waals surface area contributed by atoms with E-state index in [1.807, 2.05) is 31.2 Å². The second-order valence-corrected chi connectivity index (χ2v) is 9.81. The van der Waals surface area contributed by atoms with E-state index in [1.54, 1.807) is 11.9 Å². The molecule has 0 radical (unpaired) electrons. The summed E-state index contributed by atoms with van der Waals surface area (Å²) in [5.74, 6) is -0.783. The summed E-state index contributed by atoms with van der Waals surface area (Å²) in [5.41, 5.74) is 3.27. The third-order valence-electron chi connectivity index (χ3n) is 5.64. The van der Waals surface area contributed by atoms with E-state index in [0.717, 1.165) is 53.5 Å². The fraction of sp³-hybridized carbons (Fsp3) is 0.458. The molecule has 1 heterocycles. The van der Waals surface area contributed by atoms with Crippen molar-refractivity contribution in [2.24, 2.45) is 0 Å². The van der Waals surface area contributed by atoms with E-state index >= 15 is 0 Å². The van der Waals surface area contributed by atoms with Crippen LogP contribution in [0.25, 0.3) is 0 Å². The molecule has 1 aliphatic rings. The Balaban J connectivity index is 1.53. The molecule has 2 unspecified atom stereocenters. The van der Waals surface area contributed by atoms with Gasteiger partial charge in [0.15, 0.2) is 0 Å². The van der Waals surface area contributed by atoms with Crippen molar-refractivity contribution >= 4 is 29.5 Å². The van der Waals surface area contributed by atoms with Crippen molar-refractivity contribution in [1.82, 2.24) is 9.21 Å². The van der Waals surface area contributed by atoms with Crippen molar-refractivity contribution in [2.75, 3.05) is 19.6 Å². The number of halogens is 1. The number of nitrogens with zero attached hydrogens (tertiary/aromatic N) is 2. The maximum atomic E-state index is 11.1. The van der Waals surface area contributed by atoms with Crippen molar-refractivity contribution in [1.29, 1.82) is 0 Å². The summed E-state index contributed by atoms with van der Waals surface area (Å²) in [6, 6.07) is 15.2. The summed E-state index contributed by atoms with van der Waals surface area (Å²) in [4.78, 5) is 14.8. The highest BCUT2D eigenvalue weighted by molar-refractivity contribution is 7.97. The number of carbonyl (C=O) groups is 1. The number of benzene rings is 2. The second kappa shape index (κ2) is 10.7. The summed E-state index contributed by atoms with van der Waals surface area (Å²) in [7, 11) is 0. The zero-order chi connectivity index (χ0) is 21.7. The van der Waals surface area contributed by atoms with Gasteiger partial charge in [0.25, 0.3) is 0 Å². The largest absolute Gasteiger partial charge is 0.481 e. The summed E-state index contributed by atoms with van der Waals surface area (Å²) in [5, 5.41) is 9.93. The van der Waals surface area contributed by atoms with Crippen molar-refractivity contribution in [3.63, 3.8) is 0 Å². The minimum absolute atomic E-state index is 0.0761. The lowest BCUT2D eigenvalue weighted by Crippen LogP contribution is -2.53. The summed E-state index contributed by atoms with van der Waals surface area (Å²) in [6.07, 6.45) is 2.29. The molecule has 162 valence electrons. The molecule has 0 saturated carbocycles. The Kier molecular flexibility index (Phi) is 8.23. The van der Waals surface area contributed by atoms with E-state index in [2.05, 4.69) is 41.3 Å². The van der Waals surface area contributed by atoms with Gasteiger partial charge in [0, 0.05) is 35.1 Å². The molecule has 1 aliphatic heterocycles. The van der Waals surface area contributed by atoms with Crippen LogP contribution in [0.4, 0.5) is 0 Å². The minimum Gasteiger partial charge on any atom is -0.481 e. The Bertz CT molecular complexity index is 847. The Hall–Kier alpha value is -1.53. The normalized spacial score (nSPS) is 20.4. The molecule has 0 bridgehead atoms. The van der Waals surface area contributed by atoms with Crippen LogP contribution in [0.15, 0.2) is 47.4 Å². The smallest absolute Gasteiger partial charge is 0.307 e. The summed E-state index contributed by atoms with van der Waals surface area (Å²) in [6.45, 7) is 9.73. The lowest BCUT2D eigenvalue weighted by Gasteiger charge is -2.43. The Morgan fingerprint density at radius 2 is 1.80 bits per heavy atom. The summed E-state index contributed by atoms with van der Waals surface area (Å²) < 4.78 is 2.46. The predicted molar refractivity (Wildman–Crippen MR) is 125 cm³/mol. The molecule has 2 aromatic rings. The number of carboxylic acids is 1. The van der Waals surface area contributed by atoms with Crippen LogP contribution in [-0.4, -0.2) is 52.0 Å². The quantitative estimate of drug-likeness (QED) is 0.556. The first kappa shape index (κ1) is 23.1. The first-order valence-corrected chi connectivity index (χ1v) is 11.7. The molecule has 1 fully saturated rings. The fourth-order valence-electron chi connectivity index (χ4n) is 4.12. The maximum absolute atomic E-state index is 11.1. The van der Waals surface area contributed by atoms with Gasteiger partial charge in [0.2, 0.25) is 0 Å². The van der Waals surface area contributed by atoms with E-state index in [9.17, 15) is 4.79 Å². The SMILES string of the molecule is Cc1ccc(SN2C(C)CN(CCCc3ccc(Cl)cc3)CC2C)cc1CC(=O)O. The van der Waals surface area contributed by atoms with Crippen LogP contribution in [-0.2, 0) is 17.6 Å². The fourth-order valence-corrected chi connectivity index (χ4v) is 5.30. The number of piperazine rings is 1. The van der Waals surface area contributed by atoms with Crippen molar-refractivity contribution in [2.45, 2.75) is 57.0 Å². The Morgan fingerprint density at radius 3 is 2.43 bits per heavy atom. The lowest BCUT2D eigenvalue weighted by atomic mass is 10.1. The van der Waals surface area contributed by atoms with Gasteiger partial charge in [0.1, 0.15) is 0 Å². The van der Waals surface area contributed by atoms with Crippen LogP contribution in [0.1, 0.15) is 37.0 Å². The molecule has 0 aliphatic carbocycles. The first-order chi connectivity index (χ1) is 14.3. The van der Waals surface area contributed by atoms with Crippen molar-refractivity contribution < 1.29 is 9.90 Å². The predicted octanol–water partition coefficient (Wildman–Crippen LogP) is 5.31. The van der Waals surface area contributed by atoms with Gasteiger partial charge in [-0.2, -0.15) is 0 Å². The Morgan fingerprint density at radius 1 is 1.13 bits per heavy atom. The number of aryl methyl sites for hydroxylation is 2. The van der Waals surface area contributed by atoms with Crippen LogP contribution >= 0.6 is 23.5 Å². The standard InChI is InChI=1S/C24H31ClN2O2S/c1-17-6-11-23(13-21(17)14-24(28)29)30-27-18(2)15-26(16-19(27)3)12-4-5-20-7-9-22(25)10-8-20/h6-11,13,18-19H,4-5,12,14-16H2,1-3H3,(H,28,29). The van der Waals surface area contributed by atoms with Gasteiger partial charge in [-0.3, -0.25) is 4.79 Å². The van der Waals surface area contributed by atoms with E-state index < -0.39 is 5.97 Å². The molecule has 0 aromatic heterocycles. The number of hydrogen-bond donors (Lipinski definition) is 1. The van der Waals surface area contributed by atoms with Crippen molar-refractivity contribution in [3.8, 4) is 0 Å². The van der Waals surface area contributed by atoms with E-state index in [0.29, 0.717) is 12.1 Å². The van der Waals surface area contributed by atoms with E-state index in [1.165, 1.54) is 5.56 Å². The van der Waals surface area contributed by atoms with Crippen molar-refractivity contribution in [3.05, 3.63) is 64.2 Å². The zero-order valence-corrected chi connectivity index (χ0v) is 19.5. The number of aliphatic carboxylic acids is 1. The molecular formula is C24H31ClN2O2S. The molecule has 3 rings (SSSR count). The second-order valence-electron chi connectivity index (χ2n) is 8.30. The molecule has 6 heteroatoms. The molecule has 1 saturated heterocycles.